The van der Waals surface area contributed by atoms with Gasteiger partial charge in [0, 0.05) is 18.5 Å². The molecule has 0 saturated heterocycles. The molecule has 0 saturated carbocycles. The summed E-state index contributed by atoms with van der Waals surface area (Å²) in [5.41, 5.74) is 0. The largest absolute Gasteiger partial charge is 0.481 e. The van der Waals surface area contributed by atoms with Gasteiger partial charge in [0.05, 0.1) is 0 Å². The molecule has 2 atom stereocenters. The average Bonchev–Trinajstić information content (AvgIpc) is 2.26. The zero-order valence-corrected chi connectivity index (χ0v) is 13.2. The highest BCUT2D eigenvalue weighted by Crippen LogP contribution is 2.08. The van der Waals surface area contributed by atoms with E-state index in [4.69, 9.17) is 5.11 Å². The standard InChI is InChI=1S/C15H30N2O3/c1-11(2)7-5-8-12(3)16-15(20)17-13(4)9-6-10-14(18)19/h11-13H,5-10H2,1-4H3,(H,18,19)(H2,16,17,20). The molecule has 0 aromatic heterocycles. The fraction of sp³-hybridized carbons (Fsp3) is 0.867. The summed E-state index contributed by atoms with van der Waals surface area (Å²) in [6.07, 6.45) is 4.70. The number of rotatable bonds is 10. The van der Waals surface area contributed by atoms with Crippen LogP contribution in [0.3, 0.4) is 0 Å². The van der Waals surface area contributed by atoms with Gasteiger partial charge in [0.15, 0.2) is 0 Å². The second-order valence-electron chi connectivity index (χ2n) is 6.03. The lowest BCUT2D eigenvalue weighted by atomic mass is 10.0. The fourth-order valence-electron chi connectivity index (χ4n) is 2.03. The third-order valence-electron chi connectivity index (χ3n) is 3.20. The Kier molecular flexibility index (Phi) is 9.86. The molecule has 0 aliphatic heterocycles. The van der Waals surface area contributed by atoms with Crippen molar-refractivity contribution < 1.29 is 14.7 Å². The van der Waals surface area contributed by atoms with Crippen molar-refractivity contribution in [3.8, 4) is 0 Å². The van der Waals surface area contributed by atoms with Crippen LogP contribution in [0.5, 0.6) is 0 Å². The first kappa shape index (κ1) is 18.7. The van der Waals surface area contributed by atoms with Crippen LogP contribution >= 0.6 is 0 Å². The molecule has 0 aliphatic rings. The summed E-state index contributed by atoms with van der Waals surface area (Å²) in [6, 6.07) is 0.00190. The van der Waals surface area contributed by atoms with Crippen LogP contribution in [0.2, 0.25) is 0 Å². The quantitative estimate of drug-likeness (QED) is 0.577. The topological polar surface area (TPSA) is 78.4 Å². The summed E-state index contributed by atoms with van der Waals surface area (Å²) in [7, 11) is 0. The molecule has 2 unspecified atom stereocenters. The number of amides is 2. The Hall–Kier alpha value is -1.26. The van der Waals surface area contributed by atoms with Gasteiger partial charge in [-0.2, -0.15) is 0 Å². The summed E-state index contributed by atoms with van der Waals surface area (Å²) in [5, 5.41) is 14.3. The zero-order chi connectivity index (χ0) is 15.5. The molecular weight excluding hydrogens is 256 g/mol. The number of carbonyl (C=O) groups excluding carboxylic acids is 1. The van der Waals surface area contributed by atoms with E-state index >= 15 is 0 Å². The summed E-state index contributed by atoms with van der Waals surface area (Å²) in [4.78, 5) is 22.1. The molecule has 0 spiro atoms. The molecule has 20 heavy (non-hydrogen) atoms. The van der Waals surface area contributed by atoms with E-state index in [9.17, 15) is 9.59 Å². The first-order valence-corrected chi connectivity index (χ1v) is 7.60. The van der Waals surface area contributed by atoms with Gasteiger partial charge in [-0.3, -0.25) is 4.79 Å². The Bertz CT molecular complexity index is 293. The van der Waals surface area contributed by atoms with E-state index in [0.717, 1.165) is 12.8 Å². The Morgan fingerprint density at radius 2 is 1.40 bits per heavy atom. The van der Waals surface area contributed by atoms with Gasteiger partial charge in [-0.05, 0) is 39.0 Å². The van der Waals surface area contributed by atoms with Crippen LogP contribution in [0.25, 0.3) is 0 Å². The summed E-state index contributed by atoms with van der Waals surface area (Å²) >= 11 is 0. The summed E-state index contributed by atoms with van der Waals surface area (Å²) in [6.45, 7) is 8.30. The van der Waals surface area contributed by atoms with Gasteiger partial charge in [0.25, 0.3) is 0 Å². The number of carboxylic acids is 1. The van der Waals surface area contributed by atoms with E-state index in [-0.39, 0.29) is 24.5 Å². The molecule has 118 valence electrons. The van der Waals surface area contributed by atoms with Crippen molar-refractivity contribution in [1.82, 2.24) is 10.6 Å². The Morgan fingerprint density at radius 3 is 1.85 bits per heavy atom. The van der Waals surface area contributed by atoms with Gasteiger partial charge >= 0.3 is 12.0 Å². The Balaban J connectivity index is 3.72. The second-order valence-corrected chi connectivity index (χ2v) is 6.03. The molecule has 2 amide bonds. The van der Waals surface area contributed by atoms with Crippen molar-refractivity contribution in [1.29, 1.82) is 0 Å². The van der Waals surface area contributed by atoms with Crippen molar-refractivity contribution >= 4 is 12.0 Å². The van der Waals surface area contributed by atoms with E-state index in [1.807, 2.05) is 13.8 Å². The van der Waals surface area contributed by atoms with E-state index < -0.39 is 5.97 Å². The van der Waals surface area contributed by atoms with Gasteiger partial charge in [-0.15, -0.1) is 0 Å². The Morgan fingerprint density at radius 1 is 0.900 bits per heavy atom. The normalized spacial score (nSPS) is 13.8. The minimum absolute atomic E-state index is 0.00258. The number of hydrogen-bond donors (Lipinski definition) is 3. The third-order valence-corrected chi connectivity index (χ3v) is 3.20. The molecule has 0 rings (SSSR count). The molecule has 0 aromatic carbocycles. The van der Waals surface area contributed by atoms with Gasteiger partial charge in [-0.1, -0.05) is 26.7 Å². The molecule has 5 nitrogen and oxygen atoms in total. The molecule has 0 bridgehead atoms. The minimum atomic E-state index is -0.791. The van der Waals surface area contributed by atoms with Crippen molar-refractivity contribution in [2.45, 2.75) is 78.3 Å². The van der Waals surface area contributed by atoms with Gasteiger partial charge in [0.1, 0.15) is 0 Å². The zero-order valence-electron chi connectivity index (χ0n) is 13.2. The molecule has 0 radical (unpaired) electrons. The van der Waals surface area contributed by atoms with Crippen LogP contribution in [0.4, 0.5) is 4.79 Å². The minimum Gasteiger partial charge on any atom is -0.481 e. The molecule has 3 N–H and O–H groups in total. The number of nitrogens with one attached hydrogen (secondary N) is 2. The fourth-order valence-corrected chi connectivity index (χ4v) is 2.03. The average molecular weight is 286 g/mol. The number of aliphatic carboxylic acids is 1. The lowest BCUT2D eigenvalue weighted by molar-refractivity contribution is -0.137. The number of hydrogen-bond acceptors (Lipinski definition) is 2. The molecular formula is C15H30N2O3. The number of carboxylic acid groups (broad SMARTS) is 1. The van der Waals surface area contributed by atoms with Gasteiger partial charge in [-0.25, -0.2) is 4.79 Å². The van der Waals surface area contributed by atoms with Crippen molar-refractivity contribution in [2.75, 3.05) is 0 Å². The second kappa shape index (κ2) is 10.5. The van der Waals surface area contributed by atoms with Crippen LogP contribution in [-0.2, 0) is 4.79 Å². The van der Waals surface area contributed by atoms with Crippen molar-refractivity contribution in [3.05, 3.63) is 0 Å². The first-order valence-electron chi connectivity index (χ1n) is 7.60. The van der Waals surface area contributed by atoms with Gasteiger partial charge in [0.2, 0.25) is 0 Å². The maximum atomic E-state index is 11.7. The van der Waals surface area contributed by atoms with Crippen LogP contribution in [0.1, 0.15) is 66.2 Å². The van der Waals surface area contributed by atoms with E-state index in [1.54, 1.807) is 0 Å². The number of carbonyl (C=O) groups is 2. The Labute approximate surface area is 122 Å². The first-order chi connectivity index (χ1) is 9.31. The maximum absolute atomic E-state index is 11.7. The summed E-state index contributed by atoms with van der Waals surface area (Å²) in [5.74, 6) is -0.0919. The summed E-state index contributed by atoms with van der Waals surface area (Å²) < 4.78 is 0. The molecule has 0 heterocycles. The molecule has 0 aromatic rings. The SMILES string of the molecule is CC(C)CCCC(C)NC(=O)NC(C)CCCC(=O)O. The van der Waals surface area contributed by atoms with Crippen molar-refractivity contribution in [3.63, 3.8) is 0 Å². The van der Waals surface area contributed by atoms with Crippen LogP contribution in [0.15, 0.2) is 0 Å². The highest BCUT2D eigenvalue weighted by atomic mass is 16.4. The lowest BCUT2D eigenvalue weighted by Crippen LogP contribution is -2.44. The van der Waals surface area contributed by atoms with Crippen LogP contribution < -0.4 is 10.6 Å². The van der Waals surface area contributed by atoms with E-state index in [1.165, 1.54) is 6.42 Å². The molecule has 0 fully saturated rings. The highest BCUT2D eigenvalue weighted by Gasteiger charge is 2.10. The highest BCUT2D eigenvalue weighted by molar-refractivity contribution is 5.74. The van der Waals surface area contributed by atoms with E-state index in [0.29, 0.717) is 18.8 Å². The van der Waals surface area contributed by atoms with Gasteiger partial charge < -0.3 is 15.7 Å². The lowest BCUT2D eigenvalue weighted by Gasteiger charge is -2.18. The molecule has 0 aliphatic carbocycles. The number of urea groups is 1. The third kappa shape index (κ3) is 11.8. The van der Waals surface area contributed by atoms with E-state index in [2.05, 4.69) is 24.5 Å². The smallest absolute Gasteiger partial charge is 0.315 e. The predicted molar refractivity (Wildman–Crippen MR) is 80.8 cm³/mol. The van der Waals surface area contributed by atoms with Crippen LogP contribution in [0, 0.1) is 5.92 Å². The monoisotopic (exact) mass is 286 g/mol. The predicted octanol–water partition coefficient (Wildman–Crippen LogP) is 3.14. The maximum Gasteiger partial charge on any atom is 0.315 e. The van der Waals surface area contributed by atoms with Crippen molar-refractivity contribution in [2.24, 2.45) is 5.92 Å². The van der Waals surface area contributed by atoms with Crippen LogP contribution in [-0.4, -0.2) is 29.2 Å². The molecule has 5 heteroatoms.